The standard InChI is InChI=1S/C68H125NO13/c1-3-5-7-9-11-13-15-17-19-21-22-23-24-25-26-27-28-29-30-31-32-33-34-36-37-39-41-43-45-47-49-51-57(72)56(69-60(73)52-50-48-46-44-42-40-38-35-20-18-16-14-12-10-8-6-4-2)55-79-67-65(78)63(76)66(59(54-71)81-67)82-68-64(77)62(75)61(74)58(53-70)80-68/h6,8,12,14,18,20,38,40,56-59,61-68,70-72,74-78H,3-5,7,9-11,13,15-17,19,21-37,39,41-55H2,1-2H3,(H,69,73)/b8-6-,14-12-,20-18-,40-38-. The Balaban J connectivity index is 1.66. The van der Waals surface area contributed by atoms with Crippen LogP contribution in [0.3, 0.4) is 0 Å². The molecule has 0 aromatic rings. The van der Waals surface area contributed by atoms with Crippen molar-refractivity contribution < 1.29 is 64.6 Å². The molecular weight excluding hydrogens is 1040 g/mol. The van der Waals surface area contributed by atoms with Gasteiger partial charge in [-0.1, -0.05) is 274 Å². The summed E-state index contributed by atoms with van der Waals surface area (Å²) < 4.78 is 22.9. The molecule has 2 fully saturated rings. The summed E-state index contributed by atoms with van der Waals surface area (Å²) in [6.07, 6.45) is 51.4. The van der Waals surface area contributed by atoms with Crippen LogP contribution in [0.1, 0.15) is 284 Å². The highest BCUT2D eigenvalue weighted by Gasteiger charge is 2.51. The van der Waals surface area contributed by atoms with Crippen LogP contribution in [0.25, 0.3) is 0 Å². The second kappa shape index (κ2) is 53.2. The summed E-state index contributed by atoms with van der Waals surface area (Å²) in [6, 6.07) is -0.845. The average molecular weight is 1160 g/mol. The van der Waals surface area contributed by atoms with Crippen LogP contribution in [0.4, 0.5) is 0 Å². The number of rotatable bonds is 55. The van der Waals surface area contributed by atoms with E-state index in [-0.39, 0.29) is 18.9 Å². The zero-order valence-corrected chi connectivity index (χ0v) is 52.0. The van der Waals surface area contributed by atoms with Gasteiger partial charge in [0.05, 0.1) is 32.0 Å². The maximum atomic E-state index is 13.3. The van der Waals surface area contributed by atoms with Crippen LogP contribution in [0.5, 0.6) is 0 Å². The van der Waals surface area contributed by atoms with Crippen LogP contribution in [0.15, 0.2) is 48.6 Å². The van der Waals surface area contributed by atoms with Gasteiger partial charge in [-0.05, 0) is 51.4 Å². The third-order valence-electron chi connectivity index (χ3n) is 16.6. The molecule has 0 radical (unpaired) electrons. The Labute approximate surface area is 499 Å². The van der Waals surface area contributed by atoms with E-state index in [0.29, 0.717) is 12.8 Å². The van der Waals surface area contributed by atoms with Crippen molar-refractivity contribution in [3.8, 4) is 0 Å². The Morgan fingerprint density at radius 2 is 0.841 bits per heavy atom. The van der Waals surface area contributed by atoms with E-state index in [9.17, 15) is 45.6 Å². The topological polar surface area (TPSA) is 228 Å². The third kappa shape index (κ3) is 37.5. The number of carbonyl (C=O) groups excluding carboxylic acids is 1. The van der Waals surface area contributed by atoms with Crippen LogP contribution in [-0.2, 0) is 23.7 Å². The van der Waals surface area contributed by atoms with E-state index >= 15 is 0 Å². The number of aliphatic hydroxyl groups is 8. The maximum Gasteiger partial charge on any atom is 0.220 e. The molecule has 480 valence electrons. The van der Waals surface area contributed by atoms with Crippen molar-refractivity contribution in [2.45, 2.75) is 357 Å². The van der Waals surface area contributed by atoms with Gasteiger partial charge in [0.2, 0.25) is 5.91 Å². The SMILES string of the molecule is CC/C=C\C/C=C\C/C=C\C/C=C\CCCCCCC(=O)NC(COC1OC(CO)C(OC2OC(CO)C(O)C(O)C2O)C(O)C1O)C(O)CCCCCCCCCCCCCCCCCCCCCCCCCCCCCCCCC. The molecule has 0 aliphatic carbocycles. The van der Waals surface area contributed by atoms with E-state index in [4.69, 9.17) is 18.9 Å². The van der Waals surface area contributed by atoms with Crippen molar-refractivity contribution in [2.75, 3.05) is 19.8 Å². The average Bonchev–Trinajstić information content (AvgIpc) is 3.49. The zero-order valence-electron chi connectivity index (χ0n) is 52.0. The fourth-order valence-electron chi connectivity index (χ4n) is 11.2. The number of unbranched alkanes of at least 4 members (excludes halogenated alkanes) is 34. The van der Waals surface area contributed by atoms with Crippen molar-refractivity contribution >= 4 is 5.91 Å². The van der Waals surface area contributed by atoms with Gasteiger partial charge in [-0.25, -0.2) is 0 Å². The monoisotopic (exact) mass is 1160 g/mol. The Kier molecular flexibility index (Phi) is 49.3. The Bertz CT molecular complexity index is 1560. The molecule has 0 aromatic carbocycles. The van der Waals surface area contributed by atoms with Gasteiger partial charge < -0.3 is 65.1 Å². The van der Waals surface area contributed by atoms with Gasteiger partial charge in [-0.2, -0.15) is 0 Å². The second-order valence-electron chi connectivity index (χ2n) is 23.9. The molecule has 1 amide bonds. The molecule has 0 spiro atoms. The number of nitrogens with one attached hydrogen (secondary N) is 1. The fraction of sp³-hybridized carbons (Fsp3) is 0.868. The van der Waals surface area contributed by atoms with Crippen molar-refractivity contribution in [3.63, 3.8) is 0 Å². The van der Waals surface area contributed by atoms with E-state index in [0.717, 1.165) is 77.0 Å². The normalized spacial score (nSPS) is 24.2. The first-order valence-electron chi connectivity index (χ1n) is 33.9. The summed E-state index contributed by atoms with van der Waals surface area (Å²) in [5.41, 5.74) is 0. The molecule has 0 aromatic heterocycles. The minimum absolute atomic E-state index is 0.228. The molecule has 14 nitrogen and oxygen atoms in total. The number of hydrogen-bond donors (Lipinski definition) is 9. The molecule has 82 heavy (non-hydrogen) atoms. The molecule has 2 saturated heterocycles. The van der Waals surface area contributed by atoms with Crippen LogP contribution < -0.4 is 5.32 Å². The van der Waals surface area contributed by atoms with E-state index in [1.54, 1.807) is 0 Å². The van der Waals surface area contributed by atoms with Crippen molar-refractivity contribution in [1.29, 1.82) is 0 Å². The van der Waals surface area contributed by atoms with Crippen LogP contribution >= 0.6 is 0 Å². The van der Waals surface area contributed by atoms with E-state index in [1.165, 1.54) is 173 Å². The molecule has 2 heterocycles. The molecule has 2 aliphatic heterocycles. The predicted octanol–water partition coefficient (Wildman–Crippen LogP) is 13.1. The molecule has 0 saturated carbocycles. The molecule has 0 bridgehead atoms. The summed E-state index contributed by atoms with van der Waals surface area (Å²) in [5.74, 6) is -0.228. The second-order valence-corrected chi connectivity index (χ2v) is 23.9. The Hall–Kier alpha value is -2.05. The van der Waals surface area contributed by atoms with Gasteiger partial charge >= 0.3 is 0 Å². The van der Waals surface area contributed by atoms with Crippen LogP contribution in [0, 0.1) is 0 Å². The van der Waals surface area contributed by atoms with Crippen molar-refractivity contribution in [2.24, 2.45) is 0 Å². The lowest BCUT2D eigenvalue weighted by Crippen LogP contribution is -2.65. The summed E-state index contributed by atoms with van der Waals surface area (Å²) >= 11 is 0. The van der Waals surface area contributed by atoms with Crippen molar-refractivity contribution in [3.05, 3.63) is 48.6 Å². The first-order valence-corrected chi connectivity index (χ1v) is 33.9. The first kappa shape index (κ1) is 76.0. The van der Waals surface area contributed by atoms with Crippen LogP contribution in [0.2, 0.25) is 0 Å². The van der Waals surface area contributed by atoms with Crippen molar-refractivity contribution in [1.82, 2.24) is 5.32 Å². The van der Waals surface area contributed by atoms with Gasteiger partial charge in [-0.15, -0.1) is 0 Å². The molecule has 14 heteroatoms. The number of ether oxygens (including phenoxy) is 4. The van der Waals surface area contributed by atoms with Gasteiger partial charge in [0, 0.05) is 6.42 Å². The number of hydrogen-bond acceptors (Lipinski definition) is 13. The largest absolute Gasteiger partial charge is 0.394 e. The first-order chi connectivity index (χ1) is 40.1. The molecular formula is C68H125NO13. The predicted molar refractivity (Wildman–Crippen MR) is 332 cm³/mol. The summed E-state index contributed by atoms with van der Waals surface area (Å²) in [5, 5.41) is 87.5. The molecule has 2 aliphatic rings. The summed E-state index contributed by atoms with van der Waals surface area (Å²) in [6.45, 7) is 2.76. The lowest BCUT2D eigenvalue weighted by molar-refractivity contribution is -0.359. The van der Waals surface area contributed by atoms with Gasteiger partial charge in [0.15, 0.2) is 12.6 Å². The minimum atomic E-state index is -1.79. The van der Waals surface area contributed by atoms with Crippen LogP contribution in [-0.4, -0.2) is 140 Å². The molecule has 2 rings (SSSR count). The maximum absolute atomic E-state index is 13.3. The van der Waals surface area contributed by atoms with E-state index in [2.05, 4.69) is 67.8 Å². The summed E-state index contributed by atoms with van der Waals surface area (Å²) in [4.78, 5) is 13.3. The van der Waals surface area contributed by atoms with Gasteiger partial charge in [0.1, 0.15) is 48.8 Å². The van der Waals surface area contributed by atoms with Gasteiger partial charge in [-0.3, -0.25) is 4.79 Å². The highest BCUT2D eigenvalue weighted by molar-refractivity contribution is 5.76. The number of carbonyl (C=O) groups is 1. The zero-order chi connectivity index (χ0) is 59.5. The number of aliphatic hydroxyl groups excluding tert-OH is 8. The highest BCUT2D eigenvalue weighted by atomic mass is 16.7. The fourth-order valence-corrected chi connectivity index (χ4v) is 11.2. The highest BCUT2D eigenvalue weighted by Crippen LogP contribution is 2.30. The molecule has 9 N–H and O–H groups in total. The number of allylic oxidation sites excluding steroid dienone is 8. The van der Waals surface area contributed by atoms with E-state index < -0.39 is 86.8 Å². The minimum Gasteiger partial charge on any atom is -0.394 e. The quantitative estimate of drug-likeness (QED) is 0.0204. The lowest BCUT2D eigenvalue weighted by atomic mass is 9.97. The van der Waals surface area contributed by atoms with E-state index in [1.807, 2.05) is 0 Å². The number of amides is 1. The third-order valence-corrected chi connectivity index (χ3v) is 16.6. The molecule has 12 atom stereocenters. The summed E-state index contributed by atoms with van der Waals surface area (Å²) in [7, 11) is 0. The van der Waals surface area contributed by atoms with Gasteiger partial charge in [0.25, 0.3) is 0 Å². The smallest absolute Gasteiger partial charge is 0.220 e. The Morgan fingerprint density at radius 1 is 0.451 bits per heavy atom. The Morgan fingerprint density at radius 3 is 1.29 bits per heavy atom. The molecule has 12 unspecified atom stereocenters. The lowest BCUT2D eigenvalue weighted by Gasteiger charge is -2.46.